The van der Waals surface area contributed by atoms with Gasteiger partial charge in [0, 0.05) is 37.4 Å². The number of nitrogens with one attached hydrogen (secondary N) is 1. The highest BCUT2D eigenvalue weighted by Crippen LogP contribution is 2.32. The van der Waals surface area contributed by atoms with Crippen molar-refractivity contribution >= 4 is 38.9 Å². The maximum atomic E-state index is 13.3. The van der Waals surface area contributed by atoms with Gasteiger partial charge < -0.3 is 15.3 Å². The number of aliphatic hydroxyl groups excluding tert-OH is 1. The van der Waals surface area contributed by atoms with Gasteiger partial charge in [0.25, 0.3) is 0 Å². The molecule has 0 radical (unpaired) electrons. The average Bonchev–Trinajstić information content (AvgIpc) is 3.57. The van der Waals surface area contributed by atoms with Crippen LogP contribution in [0, 0.1) is 5.92 Å². The monoisotopic (exact) mass is 530 g/mol. The zero-order valence-electron chi connectivity index (χ0n) is 19.3. The van der Waals surface area contributed by atoms with E-state index in [1.807, 2.05) is 29.9 Å². The van der Waals surface area contributed by atoms with Gasteiger partial charge in [0.05, 0.1) is 35.0 Å². The van der Waals surface area contributed by atoms with Crippen molar-refractivity contribution in [1.82, 2.24) is 15.0 Å². The molecule has 4 N–H and O–H groups in total. The molecule has 0 saturated heterocycles. The molecule has 11 nitrogen and oxygen atoms in total. The molecule has 36 heavy (non-hydrogen) atoms. The first kappa shape index (κ1) is 24.7. The van der Waals surface area contributed by atoms with E-state index in [0.29, 0.717) is 35.6 Å². The smallest absolute Gasteiger partial charge is 0.333 e. The van der Waals surface area contributed by atoms with Crippen LogP contribution in [0.3, 0.4) is 0 Å². The van der Waals surface area contributed by atoms with E-state index >= 15 is 0 Å². The lowest BCUT2D eigenvalue weighted by Crippen LogP contribution is -2.24. The molecular weight excluding hydrogens is 504 g/mol. The third-order valence-corrected chi connectivity index (χ3v) is 7.97. The summed E-state index contributed by atoms with van der Waals surface area (Å²) in [4.78, 5) is 28.7. The first-order valence-electron chi connectivity index (χ1n) is 11.5. The molecule has 0 spiro atoms. The number of hydrogen-bond donors (Lipinski definition) is 3. The molecule has 3 aromatic heterocycles. The van der Waals surface area contributed by atoms with Crippen LogP contribution in [0.1, 0.15) is 39.2 Å². The molecule has 5 rings (SSSR count). The second kappa shape index (κ2) is 10.2. The third kappa shape index (κ3) is 5.55. The number of aromatic nitrogens is 3. The molecule has 3 aromatic rings. The number of rotatable bonds is 9. The van der Waals surface area contributed by atoms with Crippen LogP contribution in [0.5, 0.6) is 0 Å². The Bertz CT molecular complexity index is 1360. The molecule has 1 aliphatic carbocycles. The standard InChI is InChI=1S/C23H26N6O5S2/c24-36(32,33)34-11-16-6-17(7-20(16)30)28-23-18(8-26-13-27-23)22(31)21-5-14(12-35-21)10-29-4-2-15-1-3-25-9-19(15)29/h1,3,5,8-9,12-13,16-17,20,30H,2,4,6-7,10-11H2,(H2,24,32,33)(H,26,27,28)/t16-,17-,20+/m1/s1. The van der Waals surface area contributed by atoms with Gasteiger partial charge in [0.15, 0.2) is 0 Å². The van der Waals surface area contributed by atoms with E-state index in [1.165, 1.54) is 29.4 Å². The molecule has 0 amide bonds. The Morgan fingerprint density at radius 2 is 2.17 bits per heavy atom. The van der Waals surface area contributed by atoms with Crippen molar-refractivity contribution in [3.63, 3.8) is 0 Å². The minimum absolute atomic E-state index is 0.189. The van der Waals surface area contributed by atoms with Gasteiger partial charge in [-0.1, -0.05) is 0 Å². The fourth-order valence-corrected chi connectivity index (χ4v) is 5.99. The average molecular weight is 531 g/mol. The highest BCUT2D eigenvalue weighted by molar-refractivity contribution is 7.84. The van der Waals surface area contributed by atoms with E-state index in [4.69, 9.17) is 5.14 Å². The van der Waals surface area contributed by atoms with Crippen LogP contribution < -0.4 is 15.4 Å². The topological polar surface area (TPSA) is 161 Å². The maximum absolute atomic E-state index is 13.3. The van der Waals surface area contributed by atoms with Crippen molar-refractivity contribution in [2.75, 3.05) is 23.4 Å². The molecule has 13 heteroatoms. The SMILES string of the molecule is NS(=O)(=O)OC[C@H]1C[C@@H](Nc2ncncc2C(=O)c2cc(CN3CCc4ccncc43)cs2)C[C@@H]1O. The Morgan fingerprint density at radius 1 is 1.31 bits per heavy atom. The highest BCUT2D eigenvalue weighted by Gasteiger charge is 2.35. The van der Waals surface area contributed by atoms with Gasteiger partial charge in [-0.25, -0.2) is 15.1 Å². The molecule has 1 saturated carbocycles. The first-order valence-corrected chi connectivity index (χ1v) is 13.8. The number of hydrogen-bond acceptors (Lipinski definition) is 11. The van der Waals surface area contributed by atoms with Gasteiger partial charge in [-0.3, -0.25) is 14.0 Å². The van der Waals surface area contributed by atoms with Crippen molar-refractivity contribution in [1.29, 1.82) is 0 Å². The summed E-state index contributed by atoms with van der Waals surface area (Å²) in [6, 6.07) is 3.72. The van der Waals surface area contributed by atoms with Gasteiger partial charge >= 0.3 is 10.3 Å². The van der Waals surface area contributed by atoms with Crippen LogP contribution in [-0.4, -0.2) is 59.6 Å². The Morgan fingerprint density at radius 3 is 3.00 bits per heavy atom. The second-order valence-corrected chi connectivity index (χ2v) is 11.2. The summed E-state index contributed by atoms with van der Waals surface area (Å²) in [5, 5.41) is 20.4. The van der Waals surface area contributed by atoms with E-state index < -0.39 is 22.3 Å². The number of ketones is 1. The van der Waals surface area contributed by atoms with Crippen molar-refractivity contribution in [3.8, 4) is 0 Å². The summed E-state index contributed by atoms with van der Waals surface area (Å²) in [5.74, 6) is -0.229. The number of aliphatic hydroxyl groups is 1. The Labute approximate surface area is 212 Å². The van der Waals surface area contributed by atoms with E-state index in [9.17, 15) is 18.3 Å². The van der Waals surface area contributed by atoms with Crippen molar-refractivity contribution in [3.05, 3.63) is 64.0 Å². The Balaban J connectivity index is 1.25. The molecule has 190 valence electrons. The quantitative estimate of drug-likeness (QED) is 0.346. The Hall–Kier alpha value is -2.97. The van der Waals surface area contributed by atoms with E-state index in [2.05, 4.69) is 29.4 Å². The zero-order chi connectivity index (χ0) is 25.3. The molecule has 0 unspecified atom stereocenters. The largest absolute Gasteiger partial charge is 0.393 e. The van der Waals surface area contributed by atoms with Crippen LogP contribution in [0.25, 0.3) is 0 Å². The summed E-state index contributed by atoms with van der Waals surface area (Å²) in [7, 11) is -4.08. The molecule has 3 atom stereocenters. The maximum Gasteiger partial charge on any atom is 0.333 e. The van der Waals surface area contributed by atoms with E-state index in [-0.39, 0.29) is 18.4 Å². The number of nitrogens with two attached hydrogens (primary N) is 1. The van der Waals surface area contributed by atoms with Crippen molar-refractivity contribution in [2.24, 2.45) is 11.1 Å². The van der Waals surface area contributed by atoms with Crippen molar-refractivity contribution in [2.45, 2.75) is 38.0 Å². The first-order chi connectivity index (χ1) is 17.3. The molecule has 4 heterocycles. The lowest BCUT2D eigenvalue weighted by molar-refractivity contribution is 0.101. The third-order valence-electron chi connectivity index (χ3n) is 6.53. The molecule has 0 aromatic carbocycles. The fourth-order valence-electron chi connectivity index (χ4n) is 4.77. The number of anilines is 2. The van der Waals surface area contributed by atoms with Gasteiger partial charge in [-0.05, 0) is 47.9 Å². The number of nitrogens with zero attached hydrogens (tertiary/aromatic N) is 4. The van der Waals surface area contributed by atoms with Gasteiger partial charge in [-0.15, -0.1) is 11.3 Å². The number of pyridine rings is 1. The fraction of sp³-hybridized carbons (Fsp3) is 0.391. The van der Waals surface area contributed by atoms with Crippen molar-refractivity contribution < 1.29 is 22.5 Å². The van der Waals surface area contributed by atoms with E-state index in [0.717, 1.165) is 24.2 Å². The molecule has 1 aliphatic heterocycles. The summed E-state index contributed by atoms with van der Waals surface area (Å²) in [5.41, 5.74) is 3.79. The van der Waals surface area contributed by atoms with Gasteiger partial charge in [-0.2, -0.15) is 8.42 Å². The number of fused-ring (bicyclic) bond motifs is 1. The summed E-state index contributed by atoms with van der Waals surface area (Å²) in [6.45, 7) is 1.40. The number of thiophene rings is 1. The van der Waals surface area contributed by atoms with Crippen LogP contribution in [0.15, 0.2) is 42.4 Å². The summed E-state index contributed by atoms with van der Waals surface area (Å²) >= 11 is 1.38. The van der Waals surface area contributed by atoms with Crippen LogP contribution >= 0.6 is 11.3 Å². The molecular formula is C23H26N6O5S2. The lowest BCUT2D eigenvalue weighted by Gasteiger charge is -2.18. The lowest BCUT2D eigenvalue weighted by atomic mass is 10.1. The van der Waals surface area contributed by atoms with Crippen LogP contribution in [-0.2, 0) is 27.5 Å². The summed E-state index contributed by atoms with van der Waals surface area (Å²) < 4.78 is 26.8. The van der Waals surface area contributed by atoms with E-state index in [1.54, 1.807) is 0 Å². The normalized spacial score (nSPS) is 21.5. The predicted molar refractivity (Wildman–Crippen MR) is 134 cm³/mol. The van der Waals surface area contributed by atoms with Crippen LogP contribution in [0.4, 0.5) is 11.5 Å². The Kier molecular flexibility index (Phi) is 6.99. The minimum atomic E-state index is -4.08. The molecule has 0 bridgehead atoms. The van der Waals surface area contributed by atoms with Gasteiger partial charge in [0.2, 0.25) is 5.78 Å². The molecule has 2 aliphatic rings. The predicted octanol–water partition coefficient (Wildman–Crippen LogP) is 1.50. The highest BCUT2D eigenvalue weighted by atomic mass is 32.2. The van der Waals surface area contributed by atoms with Crippen LogP contribution in [0.2, 0.25) is 0 Å². The summed E-state index contributed by atoms with van der Waals surface area (Å²) in [6.07, 6.45) is 7.52. The zero-order valence-corrected chi connectivity index (χ0v) is 20.9. The van der Waals surface area contributed by atoms with Gasteiger partial charge in [0.1, 0.15) is 12.1 Å². The number of carbonyl (C=O) groups is 1. The second-order valence-electron chi connectivity index (χ2n) is 9.03. The minimum Gasteiger partial charge on any atom is -0.393 e. The molecule has 1 fully saturated rings. The number of carbonyl (C=O) groups excluding carboxylic acids is 1.